The molecule has 1 heterocycles. The van der Waals surface area contributed by atoms with E-state index >= 15 is 0 Å². The van der Waals surface area contributed by atoms with Gasteiger partial charge in [0, 0.05) is 38.2 Å². The Balaban J connectivity index is 0.00000380. The van der Waals surface area contributed by atoms with Gasteiger partial charge in [-0.2, -0.15) is 0 Å². The van der Waals surface area contributed by atoms with E-state index in [9.17, 15) is 9.90 Å². The smallest absolute Gasteiger partial charge is 0.253 e. The van der Waals surface area contributed by atoms with E-state index in [-0.39, 0.29) is 24.2 Å². The molecule has 1 aliphatic heterocycles. The van der Waals surface area contributed by atoms with E-state index in [1.165, 1.54) is 0 Å². The summed E-state index contributed by atoms with van der Waals surface area (Å²) in [6.45, 7) is 3.29. The van der Waals surface area contributed by atoms with Gasteiger partial charge in [0.05, 0.1) is 15.6 Å². The molecule has 0 bridgehead atoms. The van der Waals surface area contributed by atoms with Gasteiger partial charge < -0.3 is 14.9 Å². The molecule has 4 nitrogen and oxygen atoms in total. The fourth-order valence-electron chi connectivity index (χ4n) is 5.09. The lowest BCUT2D eigenvalue weighted by Gasteiger charge is -2.38. The van der Waals surface area contributed by atoms with Crippen molar-refractivity contribution in [1.82, 2.24) is 9.80 Å². The highest BCUT2D eigenvalue weighted by Crippen LogP contribution is 2.33. The van der Waals surface area contributed by atoms with Crippen LogP contribution < -0.4 is 0 Å². The summed E-state index contributed by atoms with van der Waals surface area (Å²) in [7, 11) is 1.86. The highest BCUT2D eigenvalue weighted by Gasteiger charge is 2.33. The molecule has 198 valence electrons. The first-order valence-corrected chi connectivity index (χ1v) is 13.4. The van der Waals surface area contributed by atoms with E-state index < -0.39 is 5.60 Å². The first-order chi connectivity index (χ1) is 17.4. The fourth-order valence-corrected chi connectivity index (χ4v) is 5.40. The number of rotatable bonds is 9. The molecule has 1 unspecified atom stereocenters. The minimum absolute atomic E-state index is 0. The number of carbonyl (C=O) groups is 1. The predicted molar refractivity (Wildman–Crippen MR) is 155 cm³/mol. The molecule has 0 aliphatic carbocycles. The Bertz CT molecular complexity index is 1140. The van der Waals surface area contributed by atoms with Gasteiger partial charge in [0.1, 0.15) is 0 Å². The summed E-state index contributed by atoms with van der Waals surface area (Å²) in [6, 6.07) is 25.1. The van der Waals surface area contributed by atoms with Crippen LogP contribution in [0.1, 0.15) is 53.1 Å². The number of benzene rings is 3. The first kappa shape index (κ1) is 29.5. The maximum absolute atomic E-state index is 13.0. The third kappa shape index (κ3) is 7.72. The number of carbonyl (C=O) groups excluding carboxylic acids is 1. The van der Waals surface area contributed by atoms with Crippen LogP contribution in [0, 0.1) is 0 Å². The van der Waals surface area contributed by atoms with Crippen LogP contribution in [0.25, 0.3) is 0 Å². The third-order valence-corrected chi connectivity index (χ3v) is 8.04. The van der Waals surface area contributed by atoms with Gasteiger partial charge in [0.15, 0.2) is 0 Å². The van der Waals surface area contributed by atoms with Crippen LogP contribution >= 0.6 is 35.6 Å². The topological polar surface area (TPSA) is 43.8 Å². The van der Waals surface area contributed by atoms with E-state index in [4.69, 9.17) is 23.2 Å². The summed E-state index contributed by atoms with van der Waals surface area (Å²) in [5.41, 5.74) is 2.05. The summed E-state index contributed by atoms with van der Waals surface area (Å²) in [4.78, 5) is 17.2. The zero-order valence-corrected chi connectivity index (χ0v) is 23.5. The summed E-state index contributed by atoms with van der Waals surface area (Å²) >= 11 is 12.5. The molecule has 3 aromatic carbocycles. The number of aliphatic hydroxyl groups is 1. The van der Waals surface area contributed by atoms with Gasteiger partial charge in [-0.1, -0.05) is 77.8 Å². The van der Waals surface area contributed by atoms with Crippen LogP contribution in [-0.2, 0) is 5.60 Å². The molecular formula is C30H35Cl3N2O2. The van der Waals surface area contributed by atoms with E-state index in [0.29, 0.717) is 22.2 Å². The molecule has 0 spiro atoms. The van der Waals surface area contributed by atoms with Crippen LogP contribution in [0.2, 0.25) is 10.0 Å². The molecule has 1 atom stereocenters. The number of amides is 1. The first-order valence-electron chi connectivity index (χ1n) is 12.6. The van der Waals surface area contributed by atoms with Gasteiger partial charge in [-0.3, -0.25) is 4.79 Å². The van der Waals surface area contributed by atoms with Crippen molar-refractivity contribution in [3.05, 3.63) is 106 Å². The van der Waals surface area contributed by atoms with Crippen LogP contribution in [0.15, 0.2) is 78.9 Å². The number of halogens is 3. The molecule has 0 radical (unpaired) electrons. The van der Waals surface area contributed by atoms with Gasteiger partial charge in [0.25, 0.3) is 5.91 Å². The maximum atomic E-state index is 13.0. The zero-order valence-electron chi connectivity index (χ0n) is 21.2. The third-order valence-electron chi connectivity index (χ3n) is 7.30. The summed E-state index contributed by atoms with van der Waals surface area (Å²) < 4.78 is 0. The summed E-state index contributed by atoms with van der Waals surface area (Å²) in [6.07, 6.45) is 3.38. The highest BCUT2D eigenvalue weighted by molar-refractivity contribution is 6.42. The molecule has 1 N–H and O–H groups in total. The maximum Gasteiger partial charge on any atom is 0.253 e. The van der Waals surface area contributed by atoms with Crippen LogP contribution in [-0.4, -0.2) is 54.0 Å². The molecule has 4 rings (SSSR count). The number of likely N-dealkylation sites (tertiary alicyclic amines) is 1. The lowest BCUT2D eigenvalue weighted by molar-refractivity contribution is -0.0261. The highest BCUT2D eigenvalue weighted by atomic mass is 35.5. The Morgan fingerprint density at radius 2 is 1.59 bits per heavy atom. The lowest BCUT2D eigenvalue weighted by atomic mass is 9.84. The number of hydrogen-bond donors (Lipinski definition) is 1. The minimum Gasteiger partial charge on any atom is -0.385 e. The van der Waals surface area contributed by atoms with Crippen molar-refractivity contribution in [3.8, 4) is 0 Å². The molecule has 3 aromatic rings. The monoisotopic (exact) mass is 560 g/mol. The van der Waals surface area contributed by atoms with E-state index in [2.05, 4.69) is 4.90 Å². The predicted octanol–water partition coefficient (Wildman–Crippen LogP) is 7.03. The molecule has 0 aromatic heterocycles. The molecular weight excluding hydrogens is 527 g/mol. The molecule has 1 fully saturated rings. The summed E-state index contributed by atoms with van der Waals surface area (Å²) in [5, 5.41) is 12.2. The Labute approximate surface area is 236 Å². The quantitative estimate of drug-likeness (QED) is 0.305. The van der Waals surface area contributed by atoms with E-state index in [1.807, 2.05) is 85.9 Å². The van der Waals surface area contributed by atoms with Gasteiger partial charge >= 0.3 is 0 Å². The van der Waals surface area contributed by atoms with Crippen molar-refractivity contribution in [2.45, 2.75) is 37.2 Å². The minimum atomic E-state index is -0.735. The average Bonchev–Trinajstić information content (AvgIpc) is 2.91. The summed E-state index contributed by atoms with van der Waals surface area (Å²) in [5.74, 6) is 0.153. The van der Waals surface area contributed by atoms with Crippen molar-refractivity contribution in [1.29, 1.82) is 0 Å². The van der Waals surface area contributed by atoms with Crippen LogP contribution in [0.4, 0.5) is 0 Å². The van der Waals surface area contributed by atoms with Crippen molar-refractivity contribution < 1.29 is 9.90 Å². The second kappa shape index (κ2) is 13.6. The molecule has 37 heavy (non-hydrogen) atoms. The Morgan fingerprint density at radius 1 is 0.973 bits per heavy atom. The fraction of sp³-hybridized carbons (Fsp3) is 0.367. The standard InChI is InChI=1S/C30H34Cl2N2O2.ClH/c1-33(29(35)23-9-4-2-5-10-23)22-25(24-14-15-27(31)28(32)21-24)11-8-18-34-19-16-30(36,17-20-34)26-12-6-3-7-13-26;/h2-7,9-10,12-15,21,25,36H,8,11,16-20,22H2,1H3;1H. The Kier molecular flexibility index (Phi) is 10.9. The molecule has 7 heteroatoms. The molecule has 0 saturated carbocycles. The van der Waals surface area contributed by atoms with E-state index in [1.54, 1.807) is 4.90 Å². The molecule has 1 aliphatic rings. The molecule has 1 saturated heterocycles. The Hall–Kier alpha value is -2.08. The van der Waals surface area contributed by atoms with Gasteiger partial charge in [-0.15, -0.1) is 12.4 Å². The largest absolute Gasteiger partial charge is 0.385 e. The van der Waals surface area contributed by atoms with E-state index in [0.717, 1.165) is 56.4 Å². The van der Waals surface area contributed by atoms with Crippen LogP contribution in [0.5, 0.6) is 0 Å². The van der Waals surface area contributed by atoms with Crippen molar-refractivity contribution in [3.63, 3.8) is 0 Å². The number of likely N-dealkylation sites (N-methyl/N-ethyl adjacent to an activating group) is 1. The van der Waals surface area contributed by atoms with Crippen molar-refractivity contribution >= 4 is 41.5 Å². The SMILES string of the molecule is CN(CC(CCCN1CCC(O)(c2ccccc2)CC1)c1ccc(Cl)c(Cl)c1)C(=O)c1ccccc1.Cl. The van der Waals surface area contributed by atoms with Gasteiger partial charge in [-0.05, 0) is 67.6 Å². The van der Waals surface area contributed by atoms with Gasteiger partial charge in [0.2, 0.25) is 0 Å². The van der Waals surface area contributed by atoms with Gasteiger partial charge in [-0.25, -0.2) is 0 Å². The normalized spacial score (nSPS) is 16.0. The number of piperidine rings is 1. The van der Waals surface area contributed by atoms with Crippen molar-refractivity contribution in [2.24, 2.45) is 0 Å². The number of hydrogen-bond acceptors (Lipinski definition) is 3. The Morgan fingerprint density at radius 3 is 2.22 bits per heavy atom. The van der Waals surface area contributed by atoms with Crippen molar-refractivity contribution in [2.75, 3.05) is 33.2 Å². The van der Waals surface area contributed by atoms with Crippen LogP contribution in [0.3, 0.4) is 0 Å². The average molecular weight is 562 g/mol. The lowest BCUT2D eigenvalue weighted by Crippen LogP contribution is -2.43. The molecule has 1 amide bonds. The second-order valence-electron chi connectivity index (χ2n) is 9.80. The zero-order chi connectivity index (χ0) is 25.5. The second-order valence-corrected chi connectivity index (χ2v) is 10.6. The number of nitrogens with zero attached hydrogens (tertiary/aromatic N) is 2.